The number of esters is 1. The first-order valence-corrected chi connectivity index (χ1v) is 10.0. The molecule has 4 aliphatic rings. The molecule has 26 heavy (non-hydrogen) atoms. The first kappa shape index (κ1) is 18.0. The second kappa shape index (κ2) is 6.32. The molecule has 3 aliphatic carbocycles. The Morgan fingerprint density at radius 2 is 2.00 bits per heavy atom. The number of carbonyl (C=O) groups is 2. The Morgan fingerprint density at radius 1 is 1.19 bits per heavy atom. The third kappa shape index (κ3) is 2.52. The van der Waals surface area contributed by atoms with Crippen molar-refractivity contribution in [3.63, 3.8) is 0 Å². The van der Waals surface area contributed by atoms with Gasteiger partial charge in [-0.1, -0.05) is 19.0 Å². The van der Waals surface area contributed by atoms with E-state index in [9.17, 15) is 9.59 Å². The van der Waals surface area contributed by atoms with Gasteiger partial charge in [-0.3, -0.25) is 9.59 Å². The fraction of sp³-hybridized carbons (Fsp3) is 0.850. The molecular formula is C20H30N2O4. The van der Waals surface area contributed by atoms with E-state index in [2.05, 4.69) is 19.0 Å². The Kier molecular flexibility index (Phi) is 4.37. The number of hydrogen-bond acceptors (Lipinski definition) is 6. The van der Waals surface area contributed by atoms with Crippen LogP contribution in [0.15, 0.2) is 5.16 Å². The van der Waals surface area contributed by atoms with Gasteiger partial charge in [-0.15, -0.1) is 0 Å². The molecule has 144 valence electrons. The molecular weight excluding hydrogens is 332 g/mol. The van der Waals surface area contributed by atoms with E-state index >= 15 is 0 Å². The molecule has 1 aliphatic heterocycles. The van der Waals surface area contributed by atoms with E-state index in [-0.39, 0.29) is 34.7 Å². The maximum atomic E-state index is 13.0. The van der Waals surface area contributed by atoms with Crippen molar-refractivity contribution in [1.29, 1.82) is 0 Å². The van der Waals surface area contributed by atoms with E-state index in [4.69, 9.17) is 15.3 Å². The Bertz CT molecular complexity index is 648. The van der Waals surface area contributed by atoms with Gasteiger partial charge in [0.1, 0.15) is 18.5 Å². The third-order valence-corrected chi connectivity index (χ3v) is 7.87. The summed E-state index contributed by atoms with van der Waals surface area (Å²) in [4.78, 5) is 30.6. The molecule has 0 bridgehead atoms. The van der Waals surface area contributed by atoms with Gasteiger partial charge in [0.05, 0.1) is 11.6 Å². The number of oxime groups is 1. The zero-order valence-corrected chi connectivity index (χ0v) is 15.8. The molecule has 0 spiro atoms. The zero-order chi connectivity index (χ0) is 18.5. The summed E-state index contributed by atoms with van der Waals surface area (Å²) in [6, 6.07) is 0. The van der Waals surface area contributed by atoms with E-state index in [1.54, 1.807) is 0 Å². The number of nitrogens with two attached hydrogens (primary N) is 1. The lowest BCUT2D eigenvalue weighted by molar-refractivity contribution is -0.202. The van der Waals surface area contributed by atoms with Gasteiger partial charge in [0.25, 0.3) is 0 Å². The summed E-state index contributed by atoms with van der Waals surface area (Å²) >= 11 is 0. The molecule has 1 heterocycles. The van der Waals surface area contributed by atoms with Crippen molar-refractivity contribution in [3.8, 4) is 0 Å². The minimum absolute atomic E-state index is 0.0293. The number of nitrogens with zero attached hydrogens (tertiary/aromatic N) is 1. The van der Waals surface area contributed by atoms with Crippen LogP contribution < -0.4 is 5.73 Å². The van der Waals surface area contributed by atoms with Crippen LogP contribution in [0.1, 0.15) is 58.8 Å². The maximum absolute atomic E-state index is 13.0. The Morgan fingerprint density at radius 3 is 2.77 bits per heavy atom. The highest BCUT2D eigenvalue weighted by Gasteiger charge is 2.64. The molecule has 6 nitrogen and oxygen atoms in total. The number of fused-ring (bicyclic) bond motifs is 5. The highest BCUT2D eigenvalue weighted by atomic mass is 16.6. The highest BCUT2D eigenvalue weighted by Crippen LogP contribution is 2.62. The topological polar surface area (TPSA) is 91.0 Å². The summed E-state index contributed by atoms with van der Waals surface area (Å²) in [6.45, 7) is 5.20. The van der Waals surface area contributed by atoms with E-state index in [1.165, 1.54) is 0 Å². The second-order valence-electron chi connectivity index (χ2n) is 9.07. The van der Waals surface area contributed by atoms with Crippen molar-refractivity contribution in [1.82, 2.24) is 0 Å². The summed E-state index contributed by atoms with van der Waals surface area (Å²) in [6.07, 6.45) is 5.66. The lowest BCUT2D eigenvalue weighted by Gasteiger charge is -2.57. The van der Waals surface area contributed by atoms with Crippen LogP contribution >= 0.6 is 0 Å². The minimum atomic E-state index is -0.319. The van der Waals surface area contributed by atoms with Crippen LogP contribution in [0.25, 0.3) is 0 Å². The van der Waals surface area contributed by atoms with Crippen molar-refractivity contribution >= 4 is 17.5 Å². The van der Waals surface area contributed by atoms with Crippen molar-refractivity contribution in [2.75, 3.05) is 13.2 Å². The van der Waals surface area contributed by atoms with Gasteiger partial charge in [-0.05, 0) is 43.9 Å². The lowest BCUT2D eigenvalue weighted by atomic mass is 9.50. The Hall–Kier alpha value is -1.43. The van der Waals surface area contributed by atoms with E-state index in [1.807, 2.05) is 0 Å². The van der Waals surface area contributed by atoms with Gasteiger partial charge in [0.2, 0.25) is 0 Å². The first-order chi connectivity index (χ1) is 12.4. The van der Waals surface area contributed by atoms with Crippen LogP contribution in [-0.4, -0.2) is 36.7 Å². The molecule has 0 aromatic carbocycles. The lowest BCUT2D eigenvalue weighted by Crippen LogP contribution is -2.60. The van der Waals surface area contributed by atoms with Gasteiger partial charge >= 0.3 is 5.97 Å². The monoisotopic (exact) mass is 362 g/mol. The van der Waals surface area contributed by atoms with Gasteiger partial charge in [-0.2, -0.15) is 0 Å². The predicted octanol–water partition coefficient (Wildman–Crippen LogP) is 2.44. The molecule has 3 saturated carbocycles. The van der Waals surface area contributed by atoms with E-state index in [0.717, 1.165) is 37.8 Å². The maximum Gasteiger partial charge on any atom is 0.309 e. The van der Waals surface area contributed by atoms with Crippen LogP contribution in [-0.2, 0) is 19.2 Å². The van der Waals surface area contributed by atoms with Gasteiger partial charge in [0.15, 0.2) is 0 Å². The molecule has 6 atom stereocenters. The van der Waals surface area contributed by atoms with Gasteiger partial charge in [-0.25, -0.2) is 0 Å². The molecule has 0 aromatic heterocycles. The van der Waals surface area contributed by atoms with Gasteiger partial charge in [0, 0.05) is 30.2 Å². The van der Waals surface area contributed by atoms with E-state index < -0.39 is 0 Å². The van der Waals surface area contributed by atoms with Crippen LogP contribution in [0, 0.1) is 28.6 Å². The Labute approximate surface area is 154 Å². The average molecular weight is 362 g/mol. The first-order valence-electron chi connectivity index (χ1n) is 10.0. The fourth-order valence-corrected chi connectivity index (χ4v) is 6.20. The number of carbonyl (C=O) groups excluding carboxylic acids is 2. The van der Waals surface area contributed by atoms with Crippen molar-refractivity contribution in [2.45, 2.75) is 64.9 Å². The fourth-order valence-electron chi connectivity index (χ4n) is 6.20. The largest absolute Gasteiger partial charge is 0.461 e. The summed E-state index contributed by atoms with van der Waals surface area (Å²) < 4.78 is 5.98. The van der Waals surface area contributed by atoms with Crippen LogP contribution in [0.2, 0.25) is 0 Å². The SMILES string of the molecule is C[C@]12CC/C(=N/OCCN)C[C@H]1OC(=O)[C@@H]1[C@@H]2CC[C@]2(C)C(=O)CC[C@@H]12. The molecule has 0 amide bonds. The number of ether oxygens (including phenoxy) is 1. The van der Waals surface area contributed by atoms with E-state index in [0.29, 0.717) is 37.7 Å². The molecule has 1 saturated heterocycles. The van der Waals surface area contributed by atoms with Crippen molar-refractivity contribution in [3.05, 3.63) is 0 Å². The van der Waals surface area contributed by atoms with Crippen LogP contribution in [0.3, 0.4) is 0 Å². The molecule has 2 N–H and O–H groups in total. The smallest absolute Gasteiger partial charge is 0.309 e. The zero-order valence-electron chi connectivity index (χ0n) is 15.8. The molecule has 6 heteroatoms. The minimum Gasteiger partial charge on any atom is -0.461 e. The summed E-state index contributed by atoms with van der Waals surface area (Å²) in [7, 11) is 0. The highest BCUT2D eigenvalue weighted by molar-refractivity contribution is 5.89. The normalized spacial score (nSPS) is 46.3. The molecule has 0 radical (unpaired) electrons. The third-order valence-electron chi connectivity index (χ3n) is 7.87. The molecule has 0 aromatic rings. The molecule has 4 fully saturated rings. The number of Topliss-reactive ketones (excluding diaryl/α,β-unsaturated/α-hetero) is 1. The van der Waals surface area contributed by atoms with Crippen LogP contribution in [0.5, 0.6) is 0 Å². The number of hydrogen-bond donors (Lipinski definition) is 1. The van der Waals surface area contributed by atoms with Gasteiger partial charge < -0.3 is 15.3 Å². The Balaban J connectivity index is 1.57. The molecule has 4 rings (SSSR count). The quantitative estimate of drug-likeness (QED) is 0.473. The number of ketones is 1. The average Bonchev–Trinajstić information content (AvgIpc) is 2.92. The van der Waals surface area contributed by atoms with Crippen LogP contribution in [0.4, 0.5) is 0 Å². The number of rotatable bonds is 3. The predicted molar refractivity (Wildman–Crippen MR) is 96.3 cm³/mol. The van der Waals surface area contributed by atoms with Crippen molar-refractivity contribution < 1.29 is 19.2 Å². The second-order valence-corrected chi connectivity index (χ2v) is 9.07. The standard InChI is InChI=1S/C20H30N2O4/c1-19-8-6-14-17(13(19)3-4-15(19)23)18(24)26-16-11-12(22-25-10-9-21)5-7-20(14,16)2/h13-14,16-17H,3-11,21H2,1-2H3/b22-12-/t13-,14-,16+,17-,19-,20+/m0/s1. The summed E-state index contributed by atoms with van der Waals surface area (Å²) in [5.74, 6) is 0.600. The summed E-state index contributed by atoms with van der Waals surface area (Å²) in [5, 5.41) is 4.20. The molecule has 0 unspecified atom stereocenters. The van der Waals surface area contributed by atoms with Crippen molar-refractivity contribution in [2.24, 2.45) is 39.5 Å². The summed E-state index contributed by atoms with van der Waals surface area (Å²) in [5.41, 5.74) is 6.05.